The molecule has 0 aromatic carbocycles. The van der Waals surface area contributed by atoms with Gasteiger partial charge in [-0.25, -0.2) is 0 Å². The van der Waals surface area contributed by atoms with Crippen molar-refractivity contribution < 1.29 is 4.79 Å². The monoisotopic (exact) mass is 379 g/mol. The second kappa shape index (κ2) is 9.61. The molecule has 2 heterocycles. The molecule has 2 unspecified atom stereocenters. The molecule has 3 aliphatic rings. The zero-order valence-electron chi connectivity index (χ0n) is 15.2. The van der Waals surface area contributed by atoms with Crippen LogP contribution < -0.4 is 10.6 Å². The first-order valence-corrected chi connectivity index (χ1v) is 9.38. The number of piperidine rings is 1. The van der Waals surface area contributed by atoms with Crippen LogP contribution in [0.15, 0.2) is 0 Å². The first-order chi connectivity index (χ1) is 10.6. The van der Waals surface area contributed by atoms with Crippen LogP contribution in [0.3, 0.4) is 0 Å². The van der Waals surface area contributed by atoms with Gasteiger partial charge in [0, 0.05) is 25.2 Å². The predicted octanol–water partition coefficient (Wildman–Crippen LogP) is 2.99. The summed E-state index contributed by atoms with van der Waals surface area (Å²) in [5.41, 5.74) is -0.106. The van der Waals surface area contributed by atoms with E-state index in [4.69, 9.17) is 0 Å². The Balaban J connectivity index is 0.00000144. The van der Waals surface area contributed by atoms with Crippen molar-refractivity contribution in [3.8, 4) is 0 Å². The van der Waals surface area contributed by atoms with Crippen molar-refractivity contribution in [2.45, 2.75) is 70.9 Å². The fraction of sp³-hybridized carbons (Fsp3) is 0.944. The molecule has 142 valence electrons. The number of likely N-dealkylation sites (tertiary alicyclic amines) is 1. The molecular formula is C18H35Cl2N3O. The highest BCUT2D eigenvalue weighted by molar-refractivity contribution is 5.85. The Hall–Kier alpha value is -0.0300. The van der Waals surface area contributed by atoms with E-state index in [1.54, 1.807) is 0 Å². The molecule has 2 saturated heterocycles. The zero-order valence-corrected chi connectivity index (χ0v) is 16.8. The first-order valence-electron chi connectivity index (χ1n) is 9.38. The SMILES string of the molecule is CC1CCCCN1C(C)CNC(=O)[C@@]12CCCC[C@H]1CNC2.Cl.Cl. The number of carbonyl (C=O) groups excluding carboxylic acids is 1. The van der Waals surface area contributed by atoms with Gasteiger partial charge in [-0.1, -0.05) is 19.3 Å². The van der Waals surface area contributed by atoms with Gasteiger partial charge in [0.2, 0.25) is 5.91 Å². The number of nitrogens with one attached hydrogen (secondary N) is 2. The van der Waals surface area contributed by atoms with Crippen LogP contribution in [-0.4, -0.2) is 49.1 Å². The number of rotatable bonds is 4. The summed E-state index contributed by atoms with van der Waals surface area (Å²) in [6.45, 7) is 8.51. The van der Waals surface area contributed by atoms with Gasteiger partial charge < -0.3 is 10.6 Å². The highest BCUT2D eigenvalue weighted by Crippen LogP contribution is 2.43. The van der Waals surface area contributed by atoms with E-state index in [1.165, 1.54) is 45.1 Å². The van der Waals surface area contributed by atoms with Crippen LogP contribution in [0, 0.1) is 11.3 Å². The van der Waals surface area contributed by atoms with Crippen molar-refractivity contribution in [3.63, 3.8) is 0 Å². The van der Waals surface area contributed by atoms with E-state index in [2.05, 4.69) is 29.4 Å². The molecule has 3 fully saturated rings. The Labute approximate surface area is 159 Å². The van der Waals surface area contributed by atoms with Crippen LogP contribution in [0.5, 0.6) is 0 Å². The largest absolute Gasteiger partial charge is 0.354 e. The number of fused-ring (bicyclic) bond motifs is 1. The summed E-state index contributed by atoms with van der Waals surface area (Å²) >= 11 is 0. The number of halogens is 2. The normalized spacial score (nSPS) is 34.4. The second-order valence-electron chi connectivity index (χ2n) is 7.87. The summed E-state index contributed by atoms with van der Waals surface area (Å²) in [6.07, 6.45) is 8.76. The number of amides is 1. The van der Waals surface area contributed by atoms with Gasteiger partial charge in [-0.15, -0.1) is 24.8 Å². The van der Waals surface area contributed by atoms with Crippen LogP contribution in [0.25, 0.3) is 0 Å². The molecule has 1 amide bonds. The summed E-state index contributed by atoms with van der Waals surface area (Å²) in [7, 11) is 0. The third kappa shape index (κ3) is 4.38. The van der Waals surface area contributed by atoms with E-state index in [0.717, 1.165) is 26.1 Å². The van der Waals surface area contributed by atoms with Gasteiger partial charge in [0.25, 0.3) is 0 Å². The molecule has 0 bridgehead atoms. The Bertz CT molecular complexity index is 410. The molecule has 3 rings (SSSR count). The Kier molecular flexibility index (Phi) is 8.81. The Morgan fingerprint density at radius 1 is 1.25 bits per heavy atom. The third-order valence-corrected chi connectivity index (χ3v) is 6.47. The summed E-state index contributed by atoms with van der Waals surface area (Å²) < 4.78 is 0. The van der Waals surface area contributed by atoms with Gasteiger partial charge in [0.1, 0.15) is 0 Å². The van der Waals surface area contributed by atoms with Crippen molar-refractivity contribution in [3.05, 3.63) is 0 Å². The lowest BCUT2D eigenvalue weighted by Gasteiger charge is -2.40. The standard InChI is InChI=1S/C18H33N3O.2ClH/c1-14-7-4-6-10-21(14)15(2)11-20-17(22)18-9-5-3-8-16(18)12-19-13-18;;/h14-16,19H,3-13H2,1-2H3,(H,20,22);2*1H/t14?,15?,16-,18+;;/m0../s1. The van der Waals surface area contributed by atoms with Gasteiger partial charge in [-0.3, -0.25) is 9.69 Å². The Morgan fingerprint density at radius 2 is 2.00 bits per heavy atom. The maximum Gasteiger partial charge on any atom is 0.227 e. The predicted molar refractivity (Wildman–Crippen MR) is 104 cm³/mol. The summed E-state index contributed by atoms with van der Waals surface area (Å²) in [4.78, 5) is 15.5. The van der Waals surface area contributed by atoms with Gasteiger partial charge in [-0.2, -0.15) is 0 Å². The third-order valence-electron chi connectivity index (χ3n) is 6.47. The van der Waals surface area contributed by atoms with Crippen LogP contribution in [-0.2, 0) is 4.79 Å². The smallest absolute Gasteiger partial charge is 0.227 e. The number of hydrogen-bond donors (Lipinski definition) is 2. The summed E-state index contributed by atoms with van der Waals surface area (Å²) in [6, 6.07) is 1.11. The fourth-order valence-corrected chi connectivity index (χ4v) is 5.00. The van der Waals surface area contributed by atoms with Gasteiger partial charge in [-0.05, 0) is 58.5 Å². The molecule has 24 heavy (non-hydrogen) atoms. The molecule has 0 radical (unpaired) electrons. The van der Waals surface area contributed by atoms with Gasteiger partial charge in [0.15, 0.2) is 0 Å². The number of carbonyl (C=O) groups is 1. The lowest BCUT2D eigenvalue weighted by molar-refractivity contribution is -0.134. The van der Waals surface area contributed by atoms with E-state index in [1.807, 2.05) is 0 Å². The van der Waals surface area contributed by atoms with E-state index in [9.17, 15) is 4.79 Å². The van der Waals surface area contributed by atoms with Crippen molar-refractivity contribution in [1.29, 1.82) is 0 Å². The highest BCUT2D eigenvalue weighted by Gasteiger charge is 2.49. The van der Waals surface area contributed by atoms with Crippen molar-refractivity contribution >= 4 is 30.7 Å². The minimum atomic E-state index is -0.106. The summed E-state index contributed by atoms with van der Waals surface area (Å²) in [5.74, 6) is 0.879. The lowest BCUT2D eigenvalue weighted by atomic mass is 9.67. The number of nitrogens with zero attached hydrogens (tertiary/aromatic N) is 1. The van der Waals surface area contributed by atoms with Crippen molar-refractivity contribution in [2.75, 3.05) is 26.2 Å². The lowest BCUT2D eigenvalue weighted by Crippen LogP contribution is -2.53. The van der Waals surface area contributed by atoms with Gasteiger partial charge in [0.05, 0.1) is 5.41 Å². The molecule has 0 aromatic rings. The number of hydrogen-bond acceptors (Lipinski definition) is 3. The molecule has 1 aliphatic carbocycles. The molecule has 4 nitrogen and oxygen atoms in total. The molecule has 4 atom stereocenters. The maximum absolute atomic E-state index is 12.9. The average Bonchev–Trinajstić information content (AvgIpc) is 2.98. The van der Waals surface area contributed by atoms with Crippen molar-refractivity contribution in [1.82, 2.24) is 15.5 Å². The molecular weight excluding hydrogens is 345 g/mol. The van der Waals surface area contributed by atoms with E-state index in [-0.39, 0.29) is 30.2 Å². The quantitative estimate of drug-likeness (QED) is 0.788. The first kappa shape index (κ1) is 22.0. The zero-order chi connectivity index (χ0) is 15.6. The minimum absolute atomic E-state index is 0. The molecule has 6 heteroatoms. The molecule has 1 saturated carbocycles. The minimum Gasteiger partial charge on any atom is -0.354 e. The van der Waals surface area contributed by atoms with Crippen LogP contribution in [0.4, 0.5) is 0 Å². The van der Waals surface area contributed by atoms with Crippen LogP contribution in [0.1, 0.15) is 58.8 Å². The van der Waals surface area contributed by atoms with Crippen LogP contribution in [0.2, 0.25) is 0 Å². The summed E-state index contributed by atoms with van der Waals surface area (Å²) in [5, 5.41) is 6.78. The van der Waals surface area contributed by atoms with Crippen molar-refractivity contribution in [2.24, 2.45) is 11.3 Å². The van der Waals surface area contributed by atoms with E-state index >= 15 is 0 Å². The molecule has 2 aliphatic heterocycles. The van der Waals surface area contributed by atoms with E-state index < -0.39 is 0 Å². The Morgan fingerprint density at radius 3 is 2.75 bits per heavy atom. The molecule has 0 spiro atoms. The maximum atomic E-state index is 12.9. The fourth-order valence-electron chi connectivity index (χ4n) is 5.00. The average molecular weight is 380 g/mol. The topological polar surface area (TPSA) is 44.4 Å². The molecule has 2 N–H and O–H groups in total. The second-order valence-corrected chi connectivity index (χ2v) is 7.87. The van der Waals surface area contributed by atoms with E-state index in [0.29, 0.717) is 23.9 Å². The van der Waals surface area contributed by atoms with Crippen LogP contribution >= 0.6 is 24.8 Å². The molecule has 0 aromatic heterocycles. The van der Waals surface area contributed by atoms with Gasteiger partial charge >= 0.3 is 0 Å². The highest BCUT2D eigenvalue weighted by atomic mass is 35.5.